The molecule has 5 nitrogen and oxygen atoms in total. The van der Waals surface area contributed by atoms with Crippen LogP contribution in [0.1, 0.15) is 29.8 Å². The molecule has 0 aliphatic rings. The first-order valence-corrected chi connectivity index (χ1v) is 7.28. The van der Waals surface area contributed by atoms with Gasteiger partial charge in [-0.3, -0.25) is 4.68 Å². The molecule has 0 aliphatic carbocycles. The van der Waals surface area contributed by atoms with Gasteiger partial charge in [0.15, 0.2) is 0 Å². The first-order chi connectivity index (χ1) is 10.2. The summed E-state index contributed by atoms with van der Waals surface area (Å²) in [6.07, 6.45) is 0. The molecular weight excluding hydrogens is 266 g/mol. The van der Waals surface area contributed by atoms with Crippen molar-refractivity contribution < 1.29 is 9.84 Å². The molecule has 0 aliphatic heterocycles. The second-order valence-electron chi connectivity index (χ2n) is 4.92. The van der Waals surface area contributed by atoms with E-state index in [1.54, 1.807) is 0 Å². The number of rotatable bonds is 7. The van der Waals surface area contributed by atoms with Crippen LogP contribution in [-0.2, 0) is 6.54 Å². The van der Waals surface area contributed by atoms with Crippen molar-refractivity contribution in [1.29, 1.82) is 0 Å². The number of aryl methyl sites for hydroxylation is 1. The quantitative estimate of drug-likeness (QED) is 0.813. The molecule has 0 saturated heterocycles. The average Bonchev–Trinajstić information content (AvgIpc) is 2.83. The summed E-state index contributed by atoms with van der Waals surface area (Å²) in [5.74, 6) is 0.852. The van der Waals surface area contributed by atoms with Gasteiger partial charge in [-0.15, -0.1) is 0 Å². The molecule has 1 aromatic carbocycles. The fraction of sp³-hybridized carbons (Fsp3) is 0.438. The zero-order valence-corrected chi connectivity index (χ0v) is 12.6. The van der Waals surface area contributed by atoms with E-state index in [4.69, 9.17) is 10.5 Å². The van der Waals surface area contributed by atoms with E-state index >= 15 is 0 Å². The Balaban J connectivity index is 2.44. The van der Waals surface area contributed by atoms with Gasteiger partial charge in [-0.25, -0.2) is 0 Å². The molecular formula is C16H23N3O2. The topological polar surface area (TPSA) is 73.3 Å². The zero-order chi connectivity index (χ0) is 15.2. The Morgan fingerprint density at radius 2 is 2.14 bits per heavy atom. The summed E-state index contributed by atoms with van der Waals surface area (Å²) in [6.45, 7) is 5.51. The fourth-order valence-corrected chi connectivity index (χ4v) is 2.58. The van der Waals surface area contributed by atoms with Crippen molar-refractivity contribution in [1.82, 2.24) is 9.78 Å². The predicted octanol–water partition coefficient (Wildman–Crippen LogP) is 1.67. The Morgan fingerprint density at radius 1 is 1.38 bits per heavy atom. The molecule has 1 aromatic heterocycles. The third kappa shape index (κ3) is 3.43. The fourth-order valence-electron chi connectivity index (χ4n) is 2.58. The molecule has 2 rings (SSSR count). The molecule has 0 radical (unpaired) electrons. The van der Waals surface area contributed by atoms with Crippen LogP contribution in [0.15, 0.2) is 30.3 Å². The molecule has 1 unspecified atom stereocenters. The van der Waals surface area contributed by atoms with E-state index in [1.807, 2.05) is 48.9 Å². The van der Waals surface area contributed by atoms with Crippen LogP contribution in [0, 0.1) is 6.92 Å². The van der Waals surface area contributed by atoms with Crippen molar-refractivity contribution >= 4 is 0 Å². The van der Waals surface area contributed by atoms with Crippen LogP contribution in [0.25, 0.3) is 0 Å². The van der Waals surface area contributed by atoms with Crippen molar-refractivity contribution in [2.45, 2.75) is 26.3 Å². The van der Waals surface area contributed by atoms with Crippen molar-refractivity contribution in [2.75, 3.05) is 19.8 Å². The summed E-state index contributed by atoms with van der Waals surface area (Å²) in [4.78, 5) is 0. The molecule has 0 bridgehead atoms. The zero-order valence-electron chi connectivity index (χ0n) is 12.6. The van der Waals surface area contributed by atoms with E-state index < -0.39 is 0 Å². The lowest BCUT2D eigenvalue weighted by Gasteiger charge is -2.20. The van der Waals surface area contributed by atoms with Crippen LogP contribution in [0.2, 0.25) is 0 Å². The summed E-state index contributed by atoms with van der Waals surface area (Å²) in [5, 5.41) is 13.6. The number of aromatic nitrogens is 2. The Labute approximate surface area is 125 Å². The van der Waals surface area contributed by atoms with E-state index in [0.717, 1.165) is 22.7 Å². The van der Waals surface area contributed by atoms with Gasteiger partial charge in [0.2, 0.25) is 0 Å². The molecule has 0 spiro atoms. The number of hydrogen-bond donors (Lipinski definition) is 2. The van der Waals surface area contributed by atoms with Gasteiger partial charge in [0.05, 0.1) is 25.5 Å². The minimum absolute atomic E-state index is 0.000463. The maximum Gasteiger partial charge on any atom is 0.123 e. The maximum absolute atomic E-state index is 9.20. The Morgan fingerprint density at radius 3 is 2.81 bits per heavy atom. The molecule has 1 heterocycles. The molecule has 5 heteroatoms. The first kappa shape index (κ1) is 15.5. The van der Waals surface area contributed by atoms with E-state index in [-0.39, 0.29) is 12.5 Å². The van der Waals surface area contributed by atoms with E-state index in [0.29, 0.717) is 19.7 Å². The SMILES string of the molecule is CCOc1ccccc1C(CN)c1cc(C)nn1CCO. The van der Waals surface area contributed by atoms with Gasteiger partial charge in [-0.05, 0) is 26.0 Å². The van der Waals surface area contributed by atoms with Gasteiger partial charge in [-0.1, -0.05) is 18.2 Å². The van der Waals surface area contributed by atoms with Gasteiger partial charge < -0.3 is 15.6 Å². The van der Waals surface area contributed by atoms with E-state index in [1.165, 1.54) is 0 Å². The summed E-state index contributed by atoms with van der Waals surface area (Å²) in [7, 11) is 0. The second kappa shape index (κ2) is 7.24. The van der Waals surface area contributed by atoms with Crippen molar-refractivity contribution in [3.05, 3.63) is 47.3 Å². The average molecular weight is 289 g/mol. The number of aliphatic hydroxyl groups excluding tert-OH is 1. The molecule has 3 N–H and O–H groups in total. The number of benzene rings is 1. The minimum atomic E-state index is 0.000463. The van der Waals surface area contributed by atoms with Gasteiger partial charge in [0.25, 0.3) is 0 Å². The van der Waals surface area contributed by atoms with Crippen molar-refractivity contribution in [3.8, 4) is 5.75 Å². The summed E-state index contributed by atoms with van der Waals surface area (Å²) in [5.41, 5.74) is 9.01. The summed E-state index contributed by atoms with van der Waals surface area (Å²) in [6, 6.07) is 9.96. The monoisotopic (exact) mass is 289 g/mol. The van der Waals surface area contributed by atoms with Gasteiger partial charge in [0.1, 0.15) is 5.75 Å². The number of nitrogens with two attached hydrogens (primary N) is 1. The van der Waals surface area contributed by atoms with Crippen LogP contribution < -0.4 is 10.5 Å². The first-order valence-electron chi connectivity index (χ1n) is 7.28. The summed E-state index contributed by atoms with van der Waals surface area (Å²) < 4.78 is 7.54. The normalized spacial score (nSPS) is 12.4. The van der Waals surface area contributed by atoms with Crippen molar-refractivity contribution in [3.63, 3.8) is 0 Å². The van der Waals surface area contributed by atoms with Gasteiger partial charge in [-0.2, -0.15) is 5.10 Å². The maximum atomic E-state index is 9.20. The van der Waals surface area contributed by atoms with Crippen LogP contribution in [0.3, 0.4) is 0 Å². The highest BCUT2D eigenvalue weighted by Gasteiger charge is 2.21. The molecule has 114 valence electrons. The lowest BCUT2D eigenvalue weighted by atomic mass is 9.94. The van der Waals surface area contributed by atoms with Gasteiger partial charge >= 0.3 is 0 Å². The highest BCUT2D eigenvalue weighted by molar-refractivity contribution is 5.41. The number of ether oxygens (including phenoxy) is 1. The van der Waals surface area contributed by atoms with Crippen LogP contribution in [0.4, 0.5) is 0 Å². The predicted molar refractivity (Wildman–Crippen MR) is 82.6 cm³/mol. The van der Waals surface area contributed by atoms with Crippen molar-refractivity contribution in [2.24, 2.45) is 5.73 Å². The van der Waals surface area contributed by atoms with Crippen LogP contribution in [-0.4, -0.2) is 34.6 Å². The number of aliphatic hydroxyl groups is 1. The van der Waals surface area contributed by atoms with E-state index in [2.05, 4.69) is 5.10 Å². The Kier molecular flexibility index (Phi) is 5.36. The van der Waals surface area contributed by atoms with E-state index in [9.17, 15) is 5.11 Å². The Hall–Kier alpha value is -1.85. The van der Waals surface area contributed by atoms with Crippen LogP contribution >= 0.6 is 0 Å². The Bertz CT molecular complexity index is 581. The lowest BCUT2D eigenvalue weighted by Crippen LogP contribution is -2.20. The minimum Gasteiger partial charge on any atom is -0.494 e. The number of hydrogen-bond acceptors (Lipinski definition) is 4. The third-order valence-electron chi connectivity index (χ3n) is 3.43. The second-order valence-corrected chi connectivity index (χ2v) is 4.92. The highest BCUT2D eigenvalue weighted by atomic mass is 16.5. The summed E-state index contributed by atoms with van der Waals surface area (Å²) >= 11 is 0. The number of para-hydroxylation sites is 1. The molecule has 0 saturated carbocycles. The highest BCUT2D eigenvalue weighted by Crippen LogP contribution is 2.31. The number of nitrogens with zero attached hydrogens (tertiary/aromatic N) is 2. The van der Waals surface area contributed by atoms with Gasteiger partial charge in [0, 0.05) is 23.7 Å². The smallest absolute Gasteiger partial charge is 0.123 e. The molecule has 0 fully saturated rings. The molecule has 1 atom stereocenters. The molecule has 0 amide bonds. The van der Waals surface area contributed by atoms with Crippen LogP contribution in [0.5, 0.6) is 5.75 Å². The molecule has 2 aromatic rings. The molecule has 21 heavy (non-hydrogen) atoms. The third-order valence-corrected chi connectivity index (χ3v) is 3.43. The lowest BCUT2D eigenvalue weighted by molar-refractivity contribution is 0.266. The largest absolute Gasteiger partial charge is 0.494 e. The standard InChI is InChI=1S/C16H23N3O2/c1-3-21-16-7-5-4-6-13(16)14(11-17)15-10-12(2)18-19(15)8-9-20/h4-7,10,14,20H,3,8-9,11,17H2,1-2H3.